The van der Waals surface area contributed by atoms with Crippen LogP contribution in [-0.4, -0.2) is 22.3 Å². The molecule has 0 saturated carbocycles. The number of nitrogens with zero attached hydrogens (tertiary/aromatic N) is 2. The number of hydrogen-bond acceptors (Lipinski definition) is 2. The van der Waals surface area contributed by atoms with E-state index in [0.717, 1.165) is 18.8 Å². The van der Waals surface area contributed by atoms with Gasteiger partial charge >= 0.3 is 0 Å². The van der Waals surface area contributed by atoms with E-state index in [-0.39, 0.29) is 5.60 Å². The van der Waals surface area contributed by atoms with E-state index in [9.17, 15) is 0 Å². The number of ether oxygens (including phenoxy) is 1. The van der Waals surface area contributed by atoms with E-state index in [1.807, 2.05) is 6.20 Å². The summed E-state index contributed by atoms with van der Waals surface area (Å²) in [5.41, 5.74) is -0.0894. The Morgan fingerprint density at radius 3 is 2.86 bits per heavy atom. The first-order valence-electron chi connectivity index (χ1n) is 4.70. The van der Waals surface area contributed by atoms with Crippen LogP contribution in [0.4, 0.5) is 0 Å². The Balaban J connectivity index is 2.53. The summed E-state index contributed by atoms with van der Waals surface area (Å²) < 4.78 is 7.41. The zero-order valence-corrected chi connectivity index (χ0v) is 9.71. The molecule has 80 valence electrons. The molecule has 0 fully saturated rings. The molecule has 0 unspecified atom stereocenters. The van der Waals surface area contributed by atoms with Crippen molar-refractivity contribution in [1.82, 2.24) is 9.55 Å². The van der Waals surface area contributed by atoms with Crippen LogP contribution in [0.5, 0.6) is 0 Å². The molecule has 0 aliphatic rings. The fourth-order valence-corrected chi connectivity index (χ4v) is 1.39. The third kappa shape index (κ3) is 3.00. The molecule has 0 radical (unpaired) electrons. The summed E-state index contributed by atoms with van der Waals surface area (Å²) in [6.45, 7) is 5.04. The lowest BCUT2D eigenvalue weighted by Crippen LogP contribution is -2.24. The van der Waals surface area contributed by atoms with Crippen molar-refractivity contribution in [3.63, 3.8) is 0 Å². The van der Waals surface area contributed by atoms with Gasteiger partial charge in [0.25, 0.3) is 0 Å². The van der Waals surface area contributed by atoms with Crippen molar-refractivity contribution in [2.24, 2.45) is 0 Å². The summed E-state index contributed by atoms with van der Waals surface area (Å²) in [7, 11) is 1.73. The van der Waals surface area contributed by atoms with E-state index >= 15 is 0 Å². The maximum Gasteiger partial charge on any atom is 0.123 e. The number of alkyl halides is 1. The van der Waals surface area contributed by atoms with Gasteiger partial charge in [-0.15, -0.1) is 11.6 Å². The van der Waals surface area contributed by atoms with Gasteiger partial charge in [-0.2, -0.15) is 0 Å². The molecule has 0 aliphatic heterocycles. The molecule has 14 heavy (non-hydrogen) atoms. The van der Waals surface area contributed by atoms with E-state index < -0.39 is 0 Å². The number of aryl methyl sites for hydroxylation is 1. The number of methoxy groups -OCH3 is 1. The van der Waals surface area contributed by atoms with Gasteiger partial charge in [-0.05, 0) is 20.3 Å². The summed E-state index contributed by atoms with van der Waals surface area (Å²) in [5.74, 6) is 1.37. The standard InChI is InChI=1S/C10H17ClN2O/c1-10(2,14-3)4-6-13-7-5-12-9(13)8-11/h5,7H,4,6,8H2,1-3H3. The van der Waals surface area contributed by atoms with Gasteiger partial charge in [0.1, 0.15) is 5.82 Å². The van der Waals surface area contributed by atoms with E-state index in [1.54, 1.807) is 13.3 Å². The summed E-state index contributed by atoms with van der Waals surface area (Å²) in [4.78, 5) is 4.15. The molecule has 1 aromatic rings. The lowest BCUT2D eigenvalue weighted by molar-refractivity contribution is 0.0119. The maximum absolute atomic E-state index is 5.74. The number of imidazole rings is 1. The van der Waals surface area contributed by atoms with Crippen LogP contribution >= 0.6 is 11.6 Å². The molecule has 0 bridgehead atoms. The van der Waals surface area contributed by atoms with Crippen molar-refractivity contribution >= 4 is 11.6 Å². The molecular weight excluding hydrogens is 200 g/mol. The highest BCUT2D eigenvalue weighted by Crippen LogP contribution is 2.15. The minimum absolute atomic E-state index is 0.0894. The predicted molar refractivity (Wildman–Crippen MR) is 57.5 cm³/mol. The molecule has 0 N–H and O–H groups in total. The van der Waals surface area contributed by atoms with Crippen LogP contribution < -0.4 is 0 Å². The lowest BCUT2D eigenvalue weighted by atomic mass is 10.1. The van der Waals surface area contributed by atoms with Crippen LogP contribution in [-0.2, 0) is 17.2 Å². The Hall–Kier alpha value is -0.540. The number of halogens is 1. The van der Waals surface area contributed by atoms with Crippen molar-refractivity contribution in [2.45, 2.75) is 38.3 Å². The number of hydrogen-bond donors (Lipinski definition) is 0. The number of rotatable bonds is 5. The Morgan fingerprint density at radius 2 is 2.29 bits per heavy atom. The van der Waals surface area contributed by atoms with Crippen molar-refractivity contribution in [2.75, 3.05) is 7.11 Å². The fraction of sp³-hybridized carbons (Fsp3) is 0.700. The minimum Gasteiger partial charge on any atom is -0.379 e. The van der Waals surface area contributed by atoms with Crippen LogP contribution in [0.15, 0.2) is 12.4 Å². The number of aromatic nitrogens is 2. The van der Waals surface area contributed by atoms with Gasteiger partial charge in [0.15, 0.2) is 0 Å². The van der Waals surface area contributed by atoms with Gasteiger partial charge in [-0.3, -0.25) is 0 Å². The van der Waals surface area contributed by atoms with Gasteiger partial charge in [0, 0.05) is 26.0 Å². The highest BCUT2D eigenvalue weighted by Gasteiger charge is 2.16. The molecule has 1 rings (SSSR count). The Morgan fingerprint density at radius 1 is 1.57 bits per heavy atom. The van der Waals surface area contributed by atoms with Crippen molar-refractivity contribution < 1.29 is 4.74 Å². The molecule has 0 aliphatic carbocycles. The molecule has 4 heteroatoms. The second-order valence-electron chi connectivity index (χ2n) is 3.88. The zero-order valence-electron chi connectivity index (χ0n) is 8.96. The van der Waals surface area contributed by atoms with Crippen LogP contribution in [0.2, 0.25) is 0 Å². The molecule has 0 saturated heterocycles. The normalized spacial score (nSPS) is 12.0. The largest absolute Gasteiger partial charge is 0.379 e. The van der Waals surface area contributed by atoms with Gasteiger partial charge in [0.05, 0.1) is 11.5 Å². The van der Waals surface area contributed by atoms with E-state index in [0.29, 0.717) is 5.88 Å². The molecule has 0 atom stereocenters. The summed E-state index contributed by atoms with van der Waals surface area (Å²) in [5, 5.41) is 0. The van der Waals surface area contributed by atoms with Crippen LogP contribution in [0, 0.1) is 0 Å². The van der Waals surface area contributed by atoms with Gasteiger partial charge < -0.3 is 9.30 Å². The molecule has 3 nitrogen and oxygen atoms in total. The van der Waals surface area contributed by atoms with Crippen molar-refractivity contribution in [3.8, 4) is 0 Å². The third-order valence-electron chi connectivity index (χ3n) is 2.43. The zero-order chi connectivity index (χ0) is 10.6. The quantitative estimate of drug-likeness (QED) is 0.707. The summed E-state index contributed by atoms with van der Waals surface area (Å²) in [6, 6.07) is 0. The van der Waals surface area contributed by atoms with E-state index in [4.69, 9.17) is 16.3 Å². The lowest BCUT2D eigenvalue weighted by Gasteiger charge is -2.23. The smallest absolute Gasteiger partial charge is 0.123 e. The third-order valence-corrected chi connectivity index (χ3v) is 2.67. The van der Waals surface area contributed by atoms with Crippen molar-refractivity contribution in [1.29, 1.82) is 0 Å². The molecule has 1 heterocycles. The Labute approximate surface area is 90.0 Å². The van der Waals surface area contributed by atoms with E-state index in [2.05, 4.69) is 23.4 Å². The Kier molecular flexibility index (Phi) is 3.96. The topological polar surface area (TPSA) is 27.1 Å². The second kappa shape index (κ2) is 4.80. The fourth-order valence-electron chi connectivity index (χ4n) is 1.17. The summed E-state index contributed by atoms with van der Waals surface area (Å²) >= 11 is 5.74. The van der Waals surface area contributed by atoms with E-state index in [1.165, 1.54) is 0 Å². The highest BCUT2D eigenvalue weighted by molar-refractivity contribution is 6.16. The second-order valence-corrected chi connectivity index (χ2v) is 4.15. The first-order valence-corrected chi connectivity index (χ1v) is 5.23. The first-order chi connectivity index (χ1) is 6.59. The summed E-state index contributed by atoms with van der Waals surface area (Å²) in [6.07, 6.45) is 4.67. The van der Waals surface area contributed by atoms with Crippen LogP contribution in [0.3, 0.4) is 0 Å². The molecule has 0 amide bonds. The molecular formula is C10H17ClN2O. The Bertz CT molecular complexity index is 283. The van der Waals surface area contributed by atoms with Crippen LogP contribution in [0.25, 0.3) is 0 Å². The maximum atomic E-state index is 5.74. The van der Waals surface area contributed by atoms with Gasteiger partial charge in [-0.25, -0.2) is 4.98 Å². The molecule has 1 aromatic heterocycles. The average molecular weight is 217 g/mol. The highest BCUT2D eigenvalue weighted by atomic mass is 35.5. The van der Waals surface area contributed by atoms with Gasteiger partial charge in [-0.1, -0.05) is 0 Å². The molecule has 0 spiro atoms. The predicted octanol–water partition coefficient (Wildman–Crippen LogP) is 2.44. The van der Waals surface area contributed by atoms with Crippen molar-refractivity contribution in [3.05, 3.63) is 18.2 Å². The minimum atomic E-state index is -0.0894. The van der Waals surface area contributed by atoms with Gasteiger partial charge in [0.2, 0.25) is 0 Å². The van der Waals surface area contributed by atoms with Crippen LogP contribution in [0.1, 0.15) is 26.1 Å². The SMILES string of the molecule is COC(C)(C)CCn1ccnc1CCl. The monoisotopic (exact) mass is 216 g/mol. The average Bonchev–Trinajstić information content (AvgIpc) is 2.62. The molecule has 0 aromatic carbocycles. The first kappa shape index (κ1) is 11.5.